The molecule has 4 aromatic rings. The lowest BCUT2D eigenvalue weighted by Crippen LogP contribution is -2.40. The van der Waals surface area contributed by atoms with Crippen LogP contribution < -0.4 is 10.3 Å². The van der Waals surface area contributed by atoms with E-state index in [4.69, 9.17) is 4.74 Å². The fraction of sp³-hybridized carbons (Fsp3) is 0.429. The minimum Gasteiger partial charge on any atom is -0.494 e. The molecule has 8 heteroatoms. The average Bonchev–Trinajstić information content (AvgIpc) is 3.37. The van der Waals surface area contributed by atoms with Gasteiger partial charge in [-0.2, -0.15) is 0 Å². The Morgan fingerprint density at radius 1 is 1.11 bits per heavy atom. The maximum absolute atomic E-state index is 13.5. The largest absolute Gasteiger partial charge is 0.494 e. The van der Waals surface area contributed by atoms with Gasteiger partial charge in [0.2, 0.25) is 0 Å². The number of hydrogen-bond acceptors (Lipinski definition) is 6. The second-order valence-electron chi connectivity index (χ2n) is 9.59. The van der Waals surface area contributed by atoms with Gasteiger partial charge in [0.1, 0.15) is 11.8 Å². The van der Waals surface area contributed by atoms with Crippen molar-refractivity contribution in [2.45, 2.75) is 64.1 Å². The summed E-state index contributed by atoms with van der Waals surface area (Å²) in [6.45, 7) is 3.19. The molecule has 1 fully saturated rings. The summed E-state index contributed by atoms with van der Waals surface area (Å²) in [5.41, 5.74) is 2.55. The van der Waals surface area contributed by atoms with E-state index in [1.807, 2.05) is 54.1 Å². The van der Waals surface area contributed by atoms with E-state index in [0.29, 0.717) is 30.6 Å². The van der Waals surface area contributed by atoms with E-state index >= 15 is 0 Å². The SMILES string of the molecule is CCOc1ccc2[nH]c(=O)c([C@@H](c3nnnn3CCc3ccccc3)N(C)C3CCCCC3)cc2c1. The van der Waals surface area contributed by atoms with E-state index in [0.717, 1.165) is 35.9 Å². The summed E-state index contributed by atoms with van der Waals surface area (Å²) in [5.74, 6) is 1.48. The fourth-order valence-corrected chi connectivity index (χ4v) is 5.35. The van der Waals surface area contributed by atoms with Gasteiger partial charge in [-0.15, -0.1) is 5.10 Å². The predicted octanol–water partition coefficient (Wildman–Crippen LogP) is 4.51. The summed E-state index contributed by atoms with van der Waals surface area (Å²) in [4.78, 5) is 18.9. The molecule has 1 aliphatic carbocycles. The Labute approximate surface area is 211 Å². The average molecular weight is 487 g/mol. The highest BCUT2D eigenvalue weighted by Gasteiger charge is 2.33. The summed E-state index contributed by atoms with van der Waals surface area (Å²) in [7, 11) is 2.11. The first-order chi connectivity index (χ1) is 17.6. The van der Waals surface area contributed by atoms with Crippen molar-refractivity contribution in [3.63, 3.8) is 0 Å². The predicted molar refractivity (Wildman–Crippen MR) is 140 cm³/mol. The third-order valence-electron chi connectivity index (χ3n) is 7.27. The molecular weight excluding hydrogens is 452 g/mol. The highest BCUT2D eigenvalue weighted by Crippen LogP contribution is 2.32. The topological polar surface area (TPSA) is 88.9 Å². The zero-order valence-electron chi connectivity index (χ0n) is 21.1. The molecule has 188 valence electrons. The van der Waals surface area contributed by atoms with Crippen LogP contribution in [0.25, 0.3) is 10.9 Å². The number of benzene rings is 2. The maximum Gasteiger partial charge on any atom is 0.253 e. The minimum atomic E-state index is -0.359. The first-order valence-electron chi connectivity index (χ1n) is 13.0. The van der Waals surface area contributed by atoms with Crippen LogP contribution >= 0.6 is 0 Å². The molecule has 5 rings (SSSR count). The highest BCUT2D eigenvalue weighted by molar-refractivity contribution is 5.80. The molecule has 1 atom stereocenters. The van der Waals surface area contributed by atoms with Crippen LogP contribution in [0.2, 0.25) is 0 Å². The molecule has 2 aromatic carbocycles. The number of pyridine rings is 1. The van der Waals surface area contributed by atoms with Crippen LogP contribution in [0.5, 0.6) is 5.75 Å². The Hall–Kier alpha value is -3.52. The summed E-state index contributed by atoms with van der Waals surface area (Å²) in [6, 6.07) is 18.1. The lowest BCUT2D eigenvalue weighted by atomic mass is 9.92. The Kier molecular flexibility index (Phi) is 7.41. The second kappa shape index (κ2) is 11.0. The Morgan fingerprint density at radius 2 is 1.92 bits per heavy atom. The standard InChI is InChI=1S/C28H34N6O2/c1-3-36-23-14-15-25-21(18-23)19-24(28(35)29-25)26(33(2)22-12-8-5-9-13-22)27-30-31-32-34(27)17-16-20-10-6-4-7-11-20/h4,6-7,10-11,14-15,18-19,22,26H,3,5,8-9,12-13,16-17H2,1-2H3,(H,29,35)/t26-/m0/s1. The minimum absolute atomic E-state index is 0.114. The van der Waals surface area contributed by atoms with E-state index in [9.17, 15) is 4.79 Å². The number of rotatable bonds is 9. The van der Waals surface area contributed by atoms with Gasteiger partial charge in [0.05, 0.1) is 6.61 Å². The van der Waals surface area contributed by atoms with Crippen LogP contribution in [0.4, 0.5) is 0 Å². The first kappa shape index (κ1) is 24.2. The third kappa shape index (κ3) is 5.18. The lowest BCUT2D eigenvalue weighted by Gasteiger charge is -2.36. The molecule has 36 heavy (non-hydrogen) atoms. The van der Waals surface area contributed by atoms with Gasteiger partial charge in [0, 0.05) is 29.1 Å². The molecule has 0 amide bonds. The van der Waals surface area contributed by atoms with E-state index in [1.165, 1.54) is 24.8 Å². The number of H-pyrrole nitrogens is 1. The normalized spacial score (nSPS) is 15.4. The number of hydrogen-bond donors (Lipinski definition) is 1. The molecule has 0 spiro atoms. The van der Waals surface area contributed by atoms with Gasteiger partial charge in [-0.25, -0.2) is 4.68 Å². The molecule has 0 unspecified atom stereocenters. The van der Waals surface area contributed by atoms with E-state index in [2.05, 4.69) is 44.6 Å². The van der Waals surface area contributed by atoms with Crippen LogP contribution in [0.3, 0.4) is 0 Å². The molecule has 0 aliphatic heterocycles. The fourth-order valence-electron chi connectivity index (χ4n) is 5.35. The number of aryl methyl sites for hydroxylation is 2. The Morgan fingerprint density at radius 3 is 2.69 bits per heavy atom. The molecule has 8 nitrogen and oxygen atoms in total. The number of fused-ring (bicyclic) bond motifs is 1. The summed E-state index contributed by atoms with van der Waals surface area (Å²) >= 11 is 0. The van der Waals surface area contributed by atoms with Crippen molar-refractivity contribution in [3.8, 4) is 5.75 Å². The van der Waals surface area contributed by atoms with E-state index in [1.54, 1.807) is 0 Å². The highest BCUT2D eigenvalue weighted by atomic mass is 16.5. The number of nitrogens with zero attached hydrogens (tertiary/aromatic N) is 5. The molecule has 0 bridgehead atoms. The molecule has 0 saturated heterocycles. The Balaban J connectivity index is 1.56. The number of ether oxygens (including phenoxy) is 1. The van der Waals surface area contributed by atoms with Crippen molar-refractivity contribution in [2.75, 3.05) is 13.7 Å². The molecular formula is C28H34N6O2. The number of nitrogens with one attached hydrogen (secondary N) is 1. The van der Waals surface area contributed by atoms with Crippen molar-refractivity contribution in [3.05, 3.63) is 81.9 Å². The van der Waals surface area contributed by atoms with E-state index in [-0.39, 0.29) is 11.6 Å². The summed E-state index contributed by atoms with van der Waals surface area (Å²) < 4.78 is 7.57. The van der Waals surface area contributed by atoms with Gasteiger partial charge in [0.15, 0.2) is 5.82 Å². The molecule has 1 saturated carbocycles. The van der Waals surface area contributed by atoms with Gasteiger partial charge in [0.25, 0.3) is 5.56 Å². The van der Waals surface area contributed by atoms with Gasteiger partial charge in [-0.05, 0) is 73.5 Å². The molecule has 0 radical (unpaired) electrons. The summed E-state index contributed by atoms with van der Waals surface area (Å²) in [5, 5.41) is 13.8. The molecule has 1 aliphatic rings. The quantitative estimate of drug-likeness (QED) is 0.374. The van der Waals surface area contributed by atoms with Crippen LogP contribution in [0, 0.1) is 0 Å². The zero-order valence-corrected chi connectivity index (χ0v) is 21.1. The molecule has 2 aromatic heterocycles. The van der Waals surface area contributed by atoms with Gasteiger partial charge in [-0.1, -0.05) is 49.6 Å². The second-order valence-corrected chi connectivity index (χ2v) is 9.59. The van der Waals surface area contributed by atoms with Crippen molar-refractivity contribution in [1.82, 2.24) is 30.1 Å². The smallest absolute Gasteiger partial charge is 0.253 e. The van der Waals surface area contributed by atoms with E-state index < -0.39 is 0 Å². The third-order valence-corrected chi connectivity index (χ3v) is 7.27. The van der Waals surface area contributed by atoms with Crippen LogP contribution in [-0.4, -0.2) is 49.8 Å². The van der Waals surface area contributed by atoms with Gasteiger partial charge in [-0.3, -0.25) is 9.69 Å². The van der Waals surface area contributed by atoms with Crippen molar-refractivity contribution in [1.29, 1.82) is 0 Å². The maximum atomic E-state index is 13.5. The first-order valence-corrected chi connectivity index (χ1v) is 13.0. The number of aromatic amines is 1. The van der Waals surface area contributed by atoms with Crippen molar-refractivity contribution < 1.29 is 4.74 Å². The van der Waals surface area contributed by atoms with Gasteiger partial charge >= 0.3 is 0 Å². The van der Waals surface area contributed by atoms with Crippen LogP contribution in [0.1, 0.15) is 62.0 Å². The van der Waals surface area contributed by atoms with Crippen molar-refractivity contribution in [2.24, 2.45) is 0 Å². The summed E-state index contributed by atoms with van der Waals surface area (Å²) in [6.07, 6.45) is 6.70. The molecule has 1 N–H and O–H groups in total. The molecule has 2 heterocycles. The monoisotopic (exact) mass is 486 g/mol. The zero-order chi connectivity index (χ0) is 24.9. The van der Waals surface area contributed by atoms with Crippen molar-refractivity contribution >= 4 is 10.9 Å². The number of aromatic nitrogens is 5. The lowest BCUT2D eigenvalue weighted by molar-refractivity contribution is 0.148. The number of tetrazole rings is 1. The van der Waals surface area contributed by atoms with Gasteiger partial charge < -0.3 is 9.72 Å². The van der Waals surface area contributed by atoms with Crippen LogP contribution in [0.15, 0.2) is 59.4 Å². The Bertz CT molecular complexity index is 1340. The van der Waals surface area contributed by atoms with Crippen LogP contribution in [-0.2, 0) is 13.0 Å².